The minimum absolute atomic E-state index is 0.198. The number of rotatable bonds is 4. The first-order chi connectivity index (χ1) is 6.87. The summed E-state index contributed by atoms with van der Waals surface area (Å²) < 4.78 is 45.3. The maximum absolute atomic E-state index is 12.5. The normalized spacial score (nSPS) is 13.8. The first-order valence-corrected chi connectivity index (χ1v) is 5.84. The Balaban J connectivity index is 2.59. The molecule has 1 unspecified atom stereocenters. The molecule has 15 heavy (non-hydrogen) atoms. The number of benzene rings is 1. The topological polar surface area (TPSA) is 60.2 Å². The third kappa shape index (κ3) is 4.85. The van der Waals surface area contributed by atoms with Gasteiger partial charge in [0.2, 0.25) is 0 Å². The van der Waals surface area contributed by atoms with Gasteiger partial charge in [-0.25, -0.2) is 4.39 Å². The molecule has 84 valence electrons. The predicted octanol–water partition coefficient (Wildman–Crippen LogP) is 0.995. The van der Waals surface area contributed by atoms with Crippen molar-refractivity contribution in [2.45, 2.75) is 12.5 Å². The summed E-state index contributed by atoms with van der Waals surface area (Å²) in [5.74, 6) is -1.10. The molecule has 1 rings (SSSR count). The molecular weight excluding hydrogens is 224 g/mol. The van der Waals surface area contributed by atoms with E-state index < -0.39 is 22.0 Å². The van der Waals surface area contributed by atoms with Crippen molar-refractivity contribution in [2.75, 3.05) is 5.75 Å². The van der Waals surface area contributed by atoms with Gasteiger partial charge >= 0.3 is 10.2 Å². The van der Waals surface area contributed by atoms with E-state index in [1.165, 1.54) is 24.3 Å². The van der Waals surface area contributed by atoms with Gasteiger partial charge in [0.15, 0.2) is 0 Å². The highest BCUT2D eigenvalue weighted by molar-refractivity contribution is 7.86. The summed E-state index contributed by atoms with van der Waals surface area (Å²) in [5.41, 5.74) is 6.09. The number of hydrogen-bond donors (Lipinski definition) is 1. The third-order valence-corrected chi connectivity index (χ3v) is 2.65. The lowest BCUT2D eigenvalue weighted by Gasteiger charge is -2.08. The molecular formula is C9H11F2NO2S. The van der Waals surface area contributed by atoms with Crippen molar-refractivity contribution in [1.82, 2.24) is 0 Å². The zero-order valence-electron chi connectivity index (χ0n) is 7.86. The van der Waals surface area contributed by atoms with E-state index in [-0.39, 0.29) is 12.2 Å². The maximum atomic E-state index is 12.5. The van der Waals surface area contributed by atoms with E-state index in [9.17, 15) is 16.7 Å². The summed E-state index contributed by atoms with van der Waals surface area (Å²) in [4.78, 5) is 0. The highest BCUT2D eigenvalue weighted by Gasteiger charge is 2.14. The summed E-state index contributed by atoms with van der Waals surface area (Å²) in [5, 5.41) is 0. The molecule has 0 spiro atoms. The summed E-state index contributed by atoms with van der Waals surface area (Å²) in [6.45, 7) is 0. The van der Waals surface area contributed by atoms with Crippen LogP contribution in [-0.2, 0) is 16.6 Å². The number of hydrogen-bond acceptors (Lipinski definition) is 3. The van der Waals surface area contributed by atoms with Crippen LogP contribution in [-0.4, -0.2) is 20.2 Å². The maximum Gasteiger partial charge on any atom is 0.303 e. The van der Waals surface area contributed by atoms with Gasteiger partial charge in [-0.1, -0.05) is 12.1 Å². The predicted molar refractivity (Wildman–Crippen MR) is 53.0 cm³/mol. The van der Waals surface area contributed by atoms with Crippen molar-refractivity contribution in [2.24, 2.45) is 5.73 Å². The highest BCUT2D eigenvalue weighted by atomic mass is 32.3. The molecule has 2 N–H and O–H groups in total. The van der Waals surface area contributed by atoms with Gasteiger partial charge in [0.1, 0.15) is 5.82 Å². The van der Waals surface area contributed by atoms with Crippen LogP contribution in [0.2, 0.25) is 0 Å². The van der Waals surface area contributed by atoms with Crippen LogP contribution in [0.3, 0.4) is 0 Å². The fourth-order valence-electron chi connectivity index (χ4n) is 1.24. The number of halogens is 2. The van der Waals surface area contributed by atoms with Crippen molar-refractivity contribution in [1.29, 1.82) is 0 Å². The molecule has 1 atom stereocenters. The Morgan fingerprint density at radius 2 is 1.80 bits per heavy atom. The van der Waals surface area contributed by atoms with Gasteiger partial charge < -0.3 is 5.73 Å². The molecule has 0 aliphatic carbocycles. The summed E-state index contributed by atoms with van der Waals surface area (Å²) in [6, 6.07) is 4.64. The molecule has 0 radical (unpaired) electrons. The molecule has 3 nitrogen and oxygen atoms in total. The van der Waals surface area contributed by atoms with Crippen LogP contribution < -0.4 is 5.73 Å². The minimum Gasteiger partial charge on any atom is -0.326 e. The van der Waals surface area contributed by atoms with Crippen molar-refractivity contribution in [3.8, 4) is 0 Å². The first kappa shape index (κ1) is 12.1. The largest absolute Gasteiger partial charge is 0.326 e. The van der Waals surface area contributed by atoms with Gasteiger partial charge in [-0.05, 0) is 24.1 Å². The standard InChI is InChI=1S/C9H11F2NO2S/c10-8-3-1-7(2-4-8)5-9(12)6-15(11,13)14/h1-4,9H,5-6,12H2. The second kappa shape index (κ2) is 4.67. The molecule has 0 aliphatic heterocycles. The lowest BCUT2D eigenvalue weighted by molar-refractivity contribution is 0.542. The zero-order valence-corrected chi connectivity index (χ0v) is 8.68. The fraction of sp³-hybridized carbons (Fsp3) is 0.333. The molecule has 1 aromatic rings. The molecule has 0 bridgehead atoms. The molecule has 1 aromatic carbocycles. The Morgan fingerprint density at radius 1 is 1.27 bits per heavy atom. The number of nitrogens with two attached hydrogens (primary N) is 1. The second-order valence-electron chi connectivity index (χ2n) is 3.30. The van der Waals surface area contributed by atoms with Gasteiger partial charge in [-0.15, -0.1) is 3.89 Å². The average Bonchev–Trinajstić information content (AvgIpc) is 2.05. The van der Waals surface area contributed by atoms with Gasteiger partial charge in [0.25, 0.3) is 0 Å². The monoisotopic (exact) mass is 235 g/mol. The summed E-state index contributed by atoms with van der Waals surface area (Å²) >= 11 is 0. The van der Waals surface area contributed by atoms with Gasteiger partial charge in [-0.3, -0.25) is 0 Å². The lowest BCUT2D eigenvalue weighted by Crippen LogP contribution is -2.30. The van der Waals surface area contributed by atoms with E-state index in [1.807, 2.05) is 0 Å². The molecule has 0 amide bonds. The second-order valence-corrected chi connectivity index (χ2v) is 4.71. The van der Waals surface area contributed by atoms with Crippen molar-refractivity contribution in [3.05, 3.63) is 35.6 Å². The molecule has 0 aromatic heterocycles. The molecule has 0 saturated heterocycles. The lowest BCUT2D eigenvalue weighted by atomic mass is 10.1. The Bertz CT molecular complexity index is 416. The summed E-state index contributed by atoms with van der Waals surface area (Å²) in [6.07, 6.45) is 0.198. The smallest absolute Gasteiger partial charge is 0.303 e. The third-order valence-electron chi connectivity index (χ3n) is 1.82. The highest BCUT2D eigenvalue weighted by Crippen LogP contribution is 2.06. The van der Waals surface area contributed by atoms with Crippen LogP contribution in [0.15, 0.2) is 24.3 Å². The van der Waals surface area contributed by atoms with E-state index in [2.05, 4.69) is 0 Å². The van der Waals surface area contributed by atoms with E-state index >= 15 is 0 Å². The van der Waals surface area contributed by atoms with Gasteiger partial charge in [-0.2, -0.15) is 8.42 Å². The molecule has 0 fully saturated rings. The van der Waals surface area contributed by atoms with E-state index in [0.717, 1.165) is 0 Å². The van der Waals surface area contributed by atoms with E-state index in [1.54, 1.807) is 0 Å². The Kier molecular flexibility index (Phi) is 3.76. The SMILES string of the molecule is NC(Cc1ccc(F)cc1)CS(=O)(=O)F. The average molecular weight is 235 g/mol. The molecule has 0 aliphatic rings. The first-order valence-electron chi connectivity index (χ1n) is 4.29. The minimum atomic E-state index is -4.55. The van der Waals surface area contributed by atoms with Crippen LogP contribution in [0, 0.1) is 5.82 Å². The Hall–Kier alpha value is -1.01. The molecule has 6 heteroatoms. The van der Waals surface area contributed by atoms with Crippen LogP contribution in [0.4, 0.5) is 8.28 Å². The van der Waals surface area contributed by atoms with Crippen LogP contribution in [0.1, 0.15) is 5.56 Å². The molecule has 0 heterocycles. The van der Waals surface area contributed by atoms with Crippen LogP contribution in [0.5, 0.6) is 0 Å². The van der Waals surface area contributed by atoms with Crippen molar-refractivity contribution < 1.29 is 16.7 Å². The van der Waals surface area contributed by atoms with Crippen LogP contribution in [0.25, 0.3) is 0 Å². The fourth-order valence-corrected chi connectivity index (χ4v) is 1.87. The van der Waals surface area contributed by atoms with Gasteiger partial charge in [0.05, 0.1) is 5.75 Å². The van der Waals surface area contributed by atoms with Crippen molar-refractivity contribution >= 4 is 10.2 Å². The zero-order chi connectivity index (χ0) is 11.5. The van der Waals surface area contributed by atoms with Gasteiger partial charge in [0, 0.05) is 6.04 Å². The van der Waals surface area contributed by atoms with E-state index in [0.29, 0.717) is 5.56 Å². The quantitative estimate of drug-likeness (QED) is 0.792. The Morgan fingerprint density at radius 3 is 2.27 bits per heavy atom. The van der Waals surface area contributed by atoms with Crippen molar-refractivity contribution in [3.63, 3.8) is 0 Å². The van der Waals surface area contributed by atoms with Crippen LogP contribution >= 0.6 is 0 Å². The van der Waals surface area contributed by atoms with E-state index in [4.69, 9.17) is 5.73 Å². The molecule has 0 saturated carbocycles. The summed E-state index contributed by atoms with van der Waals surface area (Å²) in [7, 11) is -4.55. The Labute approximate surface area is 87.1 Å².